The molecule has 1 heterocycles. The minimum absolute atomic E-state index is 0.00790. The second kappa shape index (κ2) is 9.94. The third-order valence-electron chi connectivity index (χ3n) is 5.74. The summed E-state index contributed by atoms with van der Waals surface area (Å²) in [4.78, 5) is 26.9. The van der Waals surface area contributed by atoms with Crippen LogP contribution in [0.5, 0.6) is 0 Å². The maximum Gasteiger partial charge on any atom is 0.251 e. The Morgan fingerprint density at radius 1 is 1.10 bits per heavy atom. The van der Waals surface area contributed by atoms with Gasteiger partial charge in [-0.2, -0.15) is 0 Å². The molecule has 0 atom stereocenters. The fourth-order valence-electron chi connectivity index (χ4n) is 3.99. The largest absolute Gasteiger partial charge is 0.369 e. The zero-order chi connectivity index (χ0) is 22.4. The second-order valence-electron chi connectivity index (χ2n) is 9.08. The number of nitrogens with one attached hydrogen (secondary N) is 2. The van der Waals surface area contributed by atoms with Crippen molar-refractivity contribution in [2.45, 2.75) is 40.0 Å². The van der Waals surface area contributed by atoms with Gasteiger partial charge in [0.15, 0.2) is 0 Å². The fraction of sp³-hybridized carbons (Fsp3) is 0.440. The normalized spacial score (nSPS) is 13.1. The van der Waals surface area contributed by atoms with Gasteiger partial charge < -0.3 is 15.5 Å². The van der Waals surface area contributed by atoms with Crippen molar-refractivity contribution in [1.29, 1.82) is 0 Å². The molecule has 6 heteroatoms. The number of carbonyl (C=O) groups excluding carboxylic acids is 2. The number of fused-ring (bicyclic) bond motifs is 1. The molecule has 1 aliphatic heterocycles. The molecule has 2 amide bonds. The lowest BCUT2D eigenvalue weighted by Crippen LogP contribution is -2.36. The molecule has 0 spiro atoms. The van der Waals surface area contributed by atoms with Crippen LogP contribution < -0.4 is 15.5 Å². The summed E-state index contributed by atoms with van der Waals surface area (Å²) >= 11 is 0. The molecule has 2 aromatic carbocycles. The standard InChI is InChI=1S/C25H32FN3O2/c1-18-5-4-6-20(15-18)24(31)28-11-10-25(2,3)17-23(30)27-12-14-29-13-9-19-16-21(26)7-8-22(19)29/h4-8,15-16H,9-14,17H2,1-3H3,(H,27,30)(H,28,31). The molecule has 31 heavy (non-hydrogen) atoms. The minimum atomic E-state index is -0.220. The Balaban J connectivity index is 1.37. The van der Waals surface area contributed by atoms with Gasteiger partial charge in [0.25, 0.3) is 5.91 Å². The second-order valence-corrected chi connectivity index (χ2v) is 9.08. The molecule has 0 bridgehead atoms. The van der Waals surface area contributed by atoms with Gasteiger partial charge in [-0.3, -0.25) is 9.59 Å². The maximum atomic E-state index is 13.3. The summed E-state index contributed by atoms with van der Waals surface area (Å²) in [5.41, 5.74) is 3.57. The van der Waals surface area contributed by atoms with E-state index in [0.717, 1.165) is 29.8 Å². The number of carbonyl (C=O) groups is 2. The monoisotopic (exact) mass is 425 g/mol. The molecular formula is C25H32FN3O2. The quantitative estimate of drug-likeness (QED) is 0.642. The van der Waals surface area contributed by atoms with Crippen LogP contribution in [0, 0.1) is 18.2 Å². The number of hydrogen-bond donors (Lipinski definition) is 2. The van der Waals surface area contributed by atoms with Gasteiger partial charge in [-0.1, -0.05) is 31.5 Å². The van der Waals surface area contributed by atoms with Gasteiger partial charge >= 0.3 is 0 Å². The van der Waals surface area contributed by atoms with E-state index < -0.39 is 0 Å². The Kier molecular flexibility index (Phi) is 7.31. The molecule has 5 nitrogen and oxygen atoms in total. The molecule has 0 radical (unpaired) electrons. The zero-order valence-corrected chi connectivity index (χ0v) is 18.6. The van der Waals surface area contributed by atoms with Crippen LogP contribution in [0.3, 0.4) is 0 Å². The van der Waals surface area contributed by atoms with Crippen LogP contribution in [-0.2, 0) is 11.2 Å². The van der Waals surface area contributed by atoms with Crippen LogP contribution in [-0.4, -0.2) is 38.0 Å². The predicted molar refractivity (Wildman–Crippen MR) is 122 cm³/mol. The Bertz CT molecular complexity index is 942. The molecular weight excluding hydrogens is 393 g/mol. The first-order valence-electron chi connectivity index (χ1n) is 10.9. The van der Waals surface area contributed by atoms with Gasteiger partial charge in [0.2, 0.25) is 5.91 Å². The van der Waals surface area contributed by atoms with Crippen LogP contribution in [0.25, 0.3) is 0 Å². The van der Waals surface area contributed by atoms with Crippen LogP contribution in [0.4, 0.5) is 10.1 Å². The highest BCUT2D eigenvalue weighted by molar-refractivity contribution is 5.94. The lowest BCUT2D eigenvalue weighted by atomic mass is 9.85. The van der Waals surface area contributed by atoms with Crippen LogP contribution >= 0.6 is 0 Å². The smallest absolute Gasteiger partial charge is 0.251 e. The number of nitrogens with zero attached hydrogens (tertiary/aromatic N) is 1. The molecule has 0 fully saturated rings. The molecule has 1 aliphatic rings. The summed E-state index contributed by atoms with van der Waals surface area (Å²) < 4.78 is 13.3. The van der Waals surface area contributed by atoms with Crippen molar-refractivity contribution in [2.75, 3.05) is 31.1 Å². The van der Waals surface area contributed by atoms with Gasteiger partial charge in [0, 0.05) is 43.9 Å². The molecule has 2 N–H and O–H groups in total. The van der Waals surface area contributed by atoms with E-state index in [9.17, 15) is 14.0 Å². The number of amides is 2. The molecule has 3 rings (SSSR count). The minimum Gasteiger partial charge on any atom is -0.369 e. The van der Waals surface area contributed by atoms with E-state index >= 15 is 0 Å². The van der Waals surface area contributed by atoms with Crippen molar-refractivity contribution in [2.24, 2.45) is 5.41 Å². The van der Waals surface area contributed by atoms with Crippen LogP contribution in [0.15, 0.2) is 42.5 Å². The average molecular weight is 426 g/mol. The van der Waals surface area contributed by atoms with Gasteiger partial charge in [0.1, 0.15) is 5.82 Å². The molecule has 0 saturated carbocycles. The molecule has 0 aromatic heterocycles. The third kappa shape index (κ3) is 6.54. The number of hydrogen-bond acceptors (Lipinski definition) is 3. The van der Waals surface area contributed by atoms with Crippen molar-refractivity contribution in [3.05, 3.63) is 65.0 Å². The average Bonchev–Trinajstić information content (AvgIpc) is 3.09. The summed E-state index contributed by atoms with van der Waals surface area (Å²) in [5.74, 6) is -0.283. The number of benzene rings is 2. The third-order valence-corrected chi connectivity index (χ3v) is 5.74. The van der Waals surface area contributed by atoms with Gasteiger partial charge in [-0.25, -0.2) is 4.39 Å². The number of halogens is 1. The summed E-state index contributed by atoms with van der Waals surface area (Å²) in [7, 11) is 0. The highest BCUT2D eigenvalue weighted by Gasteiger charge is 2.23. The Labute approximate surface area is 184 Å². The lowest BCUT2D eigenvalue weighted by molar-refractivity contribution is -0.123. The first kappa shape index (κ1) is 22.8. The molecule has 0 aliphatic carbocycles. The molecule has 0 unspecified atom stereocenters. The summed E-state index contributed by atoms with van der Waals surface area (Å²) in [5, 5.41) is 5.94. The summed E-state index contributed by atoms with van der Waals surface area (Å²) in [6.45, 7) is 8.66. The van der Waals surface area contributed by atoms with E-state index in [0.29, 0.717) is 38.0 Å². The molecule has 166 valence electrons. The Hall–Kier alpha value is -2.89. The Morgan fingerprint density at radius 3 is 2.68 bits per heavy atom. The zero-order valence-electron chi connectivity index (χ0n) is 18.6. The van der Waals surface area contributed by atoms with Crippen molar-refractivity contribution < 1.29 is 14.0 Å². The van der Waals surface area contributed by atoms with Gasteiger partial charge in [0.05, 0.1) is 0 Å². The molecule has 2 aromatic rings. The maximum absolute atomic E-state index is 13.3. The Morgan fingerprint density at radius 2 is 1.90 bits per heavy atom. The van der Waals surface area contributed by atoms with Crippen LogP contribution in [0.1, 0.15) is 48.2 Å². The summed E-state index contributed by atoms with van der Waals surface area (Å²) in [6.07, 6.45) is 1.94. The van der Waals surface area contributed by atoms with Crippen molar-refractivity contribution in [3.63, 3.8) is 0 Å². The van der Waals surface area contributed by atoms with E-state index in [4.69, 9.17) is 0 Å². The van der Waals surface area contributed by atoms with E-state index in [1.165, 1.54) is 6.07 Å². The van der Waals surface area contributed by atoms with Crippen molar-refractivity contribution in [1.82, 2.24) is 10.6 Å². The first-order chi connectivity index (χ1) is 14.7. The number of anilines is 1. The highest BCUT2D eigenvalue weighted by atomic mass is 19.1. The van der Waals surface area contributed by atoms with E-state index in [-0.39, 0.29) is 23.0 Å². The van der Waals surface area contributed by atoms with E-state index in [2.05, 4.69) is 15.5 Å². The van der Waals surface area contributed by atoms with Crippen molar-refractivity contribution >= 4 is 17.5 Å². The lowest BCUT2D eigenvalue weighted by Gasteiger charge is -2.25. The summed E-state index contributed by atoms with van der Waals surface area (Å²) in [6, 6.07) is 12.4. The number of aryl methyl sites for hydroxylation is 1. The first-order valence-corrected chi connectivity index (χ1v) is 10.9. The topological polar surface area (TPSA) is 61.4 Å². The highest BCUT2D eigenvalue weighted by Crippen LogP contribution is 2.28. The van der Waals surface area contributed by atoms with Gasteiger partial charge in [-0.05, 0) is 61.1 Å². The van der Waals surface area contributed by atoms with Gasteiger partial charge in [-0.15, -0.1) is 0 Å². The fourth-order valence-corrected chi connectivity index (χ4v) is 3.99. The predicted octanol–water partition coefficient (Wildman–Crippen LogP) is 3.85. The van der Waals surface area contributed by atoms with Crippen molar-refractivity contribution in [3.8, 4) is 0 Å². The molecule has 0 saturated heterocycles. The van der Waals surface area contributed by atoms with E-state index in [1.807, 2.05) is 45.0 Å². The SMILES string of the molecule is Cc1cccc(C(=O)NCCC(C)(C)CC(=O)NCCN2CCc3cc(F)ccc32)c1. The van der Waals surface area contributed by atoms with Crippen LogP contribution in [0.2, 0.25) is 0 Å². The number of rotatable bonds is 9. The van der Waals surface area contributed by atoms with E-state index in [1.54, 1.807) is 12.1 Å².